The Kier molecular flexibility index (Phi) is 4.25. The van der Waals surface area contributed by atoms with Crippen molar-refractivity contribution in [1.82, 2.24) is 0 Å². The molecule has 25 heavy (non-hydrogen) atoms. The van der Waals surface area contributed by atoms with Crippen LogP contribution in [-0.4, -0.2) is 23.4 Å². The quantitative estimate of drug-likeness (QED) is 0.900. The molecule has 1 atom stereocenters. The highest BCUT2D eigenvalue weighted by Gasteiger charge is 2.42. The Morgan fingerprint density at radius 2 is 1.76 bits per heavy atom. The predicted molar refractivity (Wildman–Crippen MR) is 101 cm³/mol. The lowest BCUT2D eigenvalue weighted by Crippen LogP contribution is -2.58. The topological polar surface area (TPSA) is 61.4 Å². The standard InChI is InChI=1S/C20H23N3O2/c1-13-9-5-6-10-15(13)21-18(24)14(2)23-17-12-8-7-11-16(17)22-20(3,4)19(23)25/h5-12,14,22H,1-4H3,(H,21,24). The zero-order chi connectivity index (χ0) is 18.2. The summed E-state index contributed by atoms with van der Waals surface area (Å²) in [5.41, 5.74) is 2.54. The molecule has 0 saturated carbocycles. The van der Waals surface area contributed by atoms with Crippen LogP contribution in [0.1, 0.15) is 26.3 Å². The molecule has 0 radical (unpaired) electrons. The van der Waals surface area contributed by atoms with Gasteiger partial charge in [-0.25, -0.2) is 0 Å². The normalized spacial score (nSPS) is 16.6. The smallest absolute Gasteiger partial charge is 0.252 e. The number of benzene rings is 2. The summed E-state index contributed by atoms with van der Waals surface area (Å²) >= 11 is 0. The average Bonchev–Trinajstić information content (AvgIpc) is 2.57. The van der Waals surface area contributed by atoms with Gasteiger partial charge in [0, 0.05) is 5.69 Å². The molecule has 5 heteroatoms. The summed E-state index contributed by atoms with van der Waals surface area (Å²) in [5.74, 6) is -0.339. The minimum atomic E-state index is -0.772. The van der Waals surface area contributed by atoms with Gasteiger partial charge >= 0.3 is 0 Å². The van der Waals surface area contributed by atoms with Crippen molar-refractivity contribution >= 4 is 28.9 Å². The highest BCUT2D eigenvalue weighted by Crippen LogP contribution is 2.36. The number of hydrogen-bond donors (Lipinski definition) is 2. The molecule has 1 unspecified atom stereocenters. The third-order valence-corrected chi connectivity index (χ3v) is 4.53. The summed E-state index contributed by atoms with van der Waals surface area (Å²) in [4.78, 5) is 27.3. The fourth-order valence-corrected chi connectivity index (χ4v) is 3.04. The molecular weight excluding hydrogens is 314 g/mol. The van der Waals surface area contributed by atoms with Crippen LogP contribution < -0.4 is 15.5 Å². The fraction of sp³-hybridized carbons (Fsp3) is 0.300. The lowest BCUT2D eigenvalue weighted by atomic mass is 9.96. The van der Waals surface area contributed by atoms with E-state index in [1.54, 1.807) is 11.8 Å². The highest BCUT2D eigenvalue weighted by molar-refractivity contribution is 6.12. The van der Waals surface area contributed by atoms with Gasteiger partial charge in [-0.1, -0.05) is 30.3 Å². The molecule has 2 amide bonds. The largest absolute Gasteiger partial charge is 0.370 e. The van der Waals surface area contributed by atoms with E-state index in [0.717, 1.165) is 22.6 Å². The van der Waals surface area contributed by atoms with Gasteiger partial charge in [0.15, 0.2) is 0 Å². The molecule has 2 aromatic rings. The molecule has 0 spiro atoms. The van der Waals surface area contributed by atoms with Crippen LogP contribution in [0.4, 0.5) is 17.1 Å². The van der Waals surface area contributed by atoms with E-state index in [2.05, 4.69) is 10.6 Å². The SMILES string of the molecule is Cc1ccccc1NC(=O)C(C)N1C(=O)C(C)(C)Nc2ccccc21. The number of para-hydroxylation sites is 3. The number of anilines is 3. The molecule has 3 rings (SSSR count). The van der Waals surface area contributed by atoms with E-state index < -0.39 is 11.6 Å². The Morgan fingerprint density at radius 1 is 1.12 bits per heavy atom. The maximum absolute atomic E-state index is 13.0. The van der Waals surface area contributed by atoms with Crippen LogP contribution in [0.2, 0.25) is 0 Å². The summed E-state index contributed by atoms with van der Waals surface area (Å²) in [5, 5.41) is 6.18. The lowest BCUT2D eigenvalue weighted by molar-refractivity contribution is -0.125. The molecular formula is C20H23N3O2. The highest BCUT2D eigenvalue weighted by atomic mass is 16.2. The monoisotopic (exact) mass is 337 g/mol. The van der Waals surface area contributed by atoms with Gasteiger partial charge in [0.25, 0.3) is 5.91 Å². The first kappa shape index (κ1) is 17.0. The van der Waals surface area contributed by atoms with E-state index in [-0.39, 0.29) is 11.8 Å². The number of hydrogen-bond acceptors (Lipinski definition) is 3. The molecule has 2 N–H and O–H groups in total. The molecule has 0 saturated heterocycles. The van der Waals surface area contributed by atoms with Crippen LogP contribution in [0.15, 0.2) is 48.5 Å². The molecule has 0 aromatic heterocycles. The Balaban J connectivity index is 1.92. The molecule has 0 bridgehead atoms. The van der Waals surface area contributed by atoms with E-state index in [1.165, 1.54) is 0 Å². The maximum atomic E-state index is 13.0. The Labute approximate surface area is 148 Å². The average molecular weight is 337 g/mol. The van der Waals surface area contributed by atoms with Crippen molar-refractivity contribution < 1.29 is 9.59 Å². The summed E-state index contributed by atoms with van der Waals surface area (Å²) in [6.45, 7) is 7.34. The van der Waals surface area contributed by atoms with Crippen molar-refractivity contribution in [3.05, 3.63) is 54.1 Å². The molecule has 5 nitrogen and oxygen atoms in total. The molecule has 0 fully saturated rings. The van der Waals surface area contributed by atoms with Gasteiger partial charge in [0.2, 0.25) is 5.91 Å². The first-order valence-corrected chi connectivity index (χ1v) is 8.38. The third-order valence-electron chi connectivity index (χ3n) is 4.53. The minimum Gasteiger partial charge on any atom is -0.370 e. The summed E-state index contributed by atoms with van der Waals surface area (Å²) < 4.78 is 0. The van der Waals surface area contributed by atoms with Crippen molar-refractivity contribution in [2.45, 2.75) is 39.3 Å². The second-order valence-electron chi connectivity index (χ2n) is 6.92. The molecule has 0 aliphatic carbocycles. The summed E-state index contributed by atoms with van der Waals surface area (Å²) in [7, 11) is 0. The first-order valence-electron chi connectivity index (χ1n) is 8.38. The Morgan fingerprint density at radius 3 is 2.48 bits per heavy atom. The number of amides is 2. The van der Waals surface area contributed by atoms with Gasteiger partial charge in [0.05, 0.1) is 11.4 Å². The van der Waals surface area contributed by atoms with Gasteiger partial charge in [0.1, 0.15) is 11.6 Å². The van der Waals surface area contributed by atoms with Crippen LogP contribution in [0.3, 0.4) is 0 Å². The molecule has 2 aromatic carbocycles. The number of carbonyl (C=O) groups is 2. The molecule has 1 heterocycles. The molecule has 130 valence electrons. The summed E-state index contributed by atoms with van der Waals surface area (Å²) in [6, 6.07) is 14.5. The van der Waals surface area contributed by atoms with Gasteiger partial charge in [-0.2, -0.15) is 0 Å². The van der Waals surface area contributed by atoms with Gasteiger partial charge in [-0.3, -0.25) is 14.5 Å². The number of fused-ring (bicyclic) bond motifs is 1. The van der Waals surface area contributed by atoms with Crippen molar-refractivity contribution in [2.75, 3.05) is 15.5 Å². The van der Waals surface area contributed by atoms with Gasteiger partial charge in [-0.15, -0.1) is 0 Å². The Bertz CT molecular complexity index is 829. The van der Waals surface area contributed by atoms with Gasteiger partial charge < -0.3 is 10.6 Å². The van der Waals surface area contributed by atoms with Crippen molar-refractivity contribution in [3.8, 4) is 0 Å². The van der Waals surface area contributed by atoms with Crippen LogP contribution in [0.5, 0.6) is 0 Å². The van der Waals surface area contributed by atoms with Crippen LogP contribution in [0.25, 0.3) is 0 Å². The summed E-state index contributed by atoms with van der Waals surface area (Å²) in [6.07, 6.45) is 0. The third kappa shape index (κ3) is 3.09. The number of nitrogens with zero attached hydrogens (tertiary/aromatic N) is 1. The minimum absolute atomic E-state index is 0.126. The van der Waals surface area contributed by atoms with Crippen molar-refractivity contribution in [1.29, 1.82) is 0 Å². The van der Waals surface area contributed by atoms with E-state index >= 15 is 0 Å². The van der Waals surface area contributed by atoms with E-state index in [1.807, 2.05) is 69.3 Å². The van der Waals surface area contributed by atoms with Crippen molar-refractivity contribution in [3.63, 3.8) is 0 Å². The van der Waals surface area contributed by atoms with Crippen LogP contribution >= 0.6 is 0 Å². The number of nitrogens with one attached hydrogen (secondary N) is 2. The van der Waals surface area contributed by atoms with E-state index in [4.69, 9.17) is 0 Å². The van der Waals surface area contributed by atoms with E-state index in [0.29, 0.717) is 0 Å². The number of aryl methyl sites for hydroxylation is 1. The zero-order valence-corrected chi connectivity index (χ0v) is 15.0. The molecule has 1 aliphatic heterocycles. The lowest BCUT2D eigenvalue weighted by Gasteiger charge is -2.42. The second kappa shape index (κ2) is 6.24. The fourth-order valence-electron chi connectivity index (χ4n) is 3.04. The van der Waals surface area contributed by atoms with E-state index in [9.17, 15) is 9.59 Å². The Hall–Kier alpha value is -2.82. The van der Waals surface area contributed by atoms with Crippen LogP contribution in [-0.2, 0) is 9.59 Å². The van der Waals surface area contributed by atoms with Crippen LogP contribution in [0, 0.1) is 6.92 Å². The van der Waals surface area contributed by atoms with Gasteiger partial charge in [-0.05, 0) is 51.5 Å². The van der Waals surface area contributed by atoms with Crippen molar-refractivity contribution in [2.24, 2.45) is 0 Å². The number of carbonyl (C=O) groups excluding carboxylic acids is 2. The molecule has 1 aliphatic rings. The maximum Gasteiger partial charge on any atom is 0.252 e. The predicted octanol–water partition coefficient (Wildman–Crippen LogP) is 3.56. The first-order chi connectivity index (χ1) is 11.8. The number of rotatable bonds is 3. The second-order valence-corrected chi connectivity index (χ2v) is 6.92. The zero-order valence-electron chi connectivity index (χ0n) is 15.0.